The fraction of sp³-hybridized carbons (Fsp3) is 0.500. The topological polar surface area (TPSA) is 84.6 Å². The molecule has 1 aromatic rings. The molecule has 0 aliphatic heterocycles. The number of nitrogens with one attached hydrogen (secondary N) is 1. The number of amides is 1. The van der Waals surface area contributed by atoms with Crippen molar-refractivity contribution in [2.24, 2.45) is 5.73 Å². The van der Waals surface area contributed by atoms with Crippen molar-refractivity contribution in [1.29, 1.82) is 0 Å². The zero-order valence-corrected chi connectivity index (χ0v) is 12.0. The maximum atomic E-state index is 13.2. The fourth-order valence-electron chi connectivity index (χ4n) is 1.95. The normalized spacial score (nSPS) is 23.5. The molecule has 0 bridgehead atoms. The van der Waals surface area contributed by atoms with E-state index in [0.29, 0.717) is 0 Å². The van der Waals surface area contributed by atoms with Gasteiger partial charge in [-0.1, -0.05) is 6.07 Å². The molecule has 1 aliphatic carbocycles. The second-order valence-corrected chi connectivity index (χ2v) is 6.21. The van der Waals surface area contributed by atoms with Crippen molar-refractivity contribution in [3.8, 4) is 5.75 Å². The molecule has 0 saturated heterocycles. The maximum absolute atomic E-state index is 13.2. The highest BCUT2D eigenvalue weighted by Gasteiger charge is 2.70. The van der Waals surface area contributed by atoms with E-state index in [2.05, 4.69) is 5.32 Å². The van der Waals surface area contributed by atoms with Crippen LogP contribution in [-0.4, -0.2) is 22.7 Å². The van der Waals surface area contributed by atoms with Gasteiger partial charge in [0, 0.05) is 6.42 Å². The van der Waals surface area contributed by atoms with Crippen LogP contribution >= 0.6 is 0 Å². The summed E-state index contributed by atoms with van der Waals surface area (Å²) in [7, 11) is 0. The first-order chi connectivity index (χ1) is 9.45. The third-order valence-corrected chi connectivity index (χ3v) is 3.18. The van der Waals surface area contributed by atoms with Crippen LogP contribution in [0, 0.1) is 0 Å². The molecule has 5 nitrogen and oxygen atoms in total. The minimum absolute atomic E-state index is 0.0700. The number of carbonyl (C=O) groups is 1. The number of alkyl halides is 2. The zero-order valence-electron chi connectivity index (χ0n) is 12.0. The number of carbonyl (C=O) groups excluding carboxylic acids is 1. The van der Waals surface area contributed by atoms with Crippen LogP contribution < -0.4 is 11.1 Å². The Morgan fingerprint density at radius 1 is 1.43 bits per heavy atom. The van der Waals surface area contributed by atoms with Crippen LogP contribution in [0.2, 0.25) is 0 Å². The largest absolute Gasteiger partial charge is 0.506 e. The van der Waals surface area contributed by atoms with Gasteiger partial charge in [-0.15, -0.1) is 0 Å². The molecule has 1 unspecified atom stereocenters. The van der Waals surface area contributed by atoms with Gasteiger partial charge in [-0.05, 0) is 38.5 Å². The summed E-state index contributed by atoms with van der Waals surface area (Å²) in [5, 5.41) is 12.2. The average molecular weight is 300 g/mol. The summed E-state index contributed by atoms with van der Waals surface area (Å²) >= 11 is 0. The first-order valence-corrected chi connectivity index (χ1v) is 6.45. The molecular formula is C14H18F2N2O3. The van der Waals surface area contributed by atoms with E-state index in [0.717, 1.165) is 6.07 Å². The lowest BCUT2D eigenvalue weighted by atomic mass is 10.0. The van der Waals surface area contributed by atoms with Gasteiger partial charge in [0.1, 0.15) is 16.9 Å². The molecule has 0 aromatic heterocycles. The summed E-state index contributed by atoms with van der Waals surface area (Å²) in [4.78, 5) is 11.6. The zero-order chi connectivity index (χ0) is 16.1. The predicted octanol–water partition coefficient (Wildman–Crippen LogP) is 2.93. The second kappa shape index (κ2) is 4.56. The van der Waals surface area contributed by atoms with Crippen LogP contribution in [-0.2, 0) is 10.3 Å². The van der Waals surface area contributed by atoms with Crippen molar-refractivity contribution in [3.05, 3.63) is 23.8 Å². The molecule has 1 amide bonds. The van der Waals surface area contributed by atoms with E-state index in [1.54, 1.807) is 20.8 Å². The molecule has 1 atom stereocenters. The Balaban J connectivity index is 2.12. The van der Waals surface area contributed by atoms with Crippen molar-refractivity contribution >= 4 is 11.8 Å². The molecule has 1 aromatic carbocycles. The predicted molar refractivity (Wildman–Crippen MR) is 73.4 cm³/mol. The summed E-state index contributed by atoms with van der Waals surface area (Å²) in [5.41, 5.74) is 3.35. The van der Waals surface area contributed by atoms with E-state index in [9.17, 15) is 18.7 Å². The van der Waals surface area contributed by atoms with Gasteiger partial charge in [-0.2, -0.15) is 0 Å². The van der Waals surface area contributed by atoms with Gasteiger partial charge < -0.3 is 15.6 Å². The molecule has 116 valence electrons. The van der Waals surface area contributed by atoms with Crippen molar-refractivity contribution in [2.75, 3.05) is 5.32 Å². The molecule has 21 heavy (non-hydrogen) atoms. The van der Waals surface area contributed by atoms with E-state index < -0.39 is 29.6 Å². The molecule has 7 heteroatoms. The monoisotopic (exact) mass is 300 g/mol. The first-order valence-electron chi connectivity index (χ1n) is 6.45. The molecule has 1 fully saturated rings. The molecular weight excluding hydrogens is 282 g/mol. The summed E-state index contributed by atoms with van der Waals surface area (Å²) in [6.45, 7) is 5.09. The van der Waals surface area contributed by atoms with Gasteiger partial charge in [-0.3, -0.25) is 5.32 Å². The first kappa shape index (κ1) is 15.5. The lowest BCUT2D eigenvalue weighted by molar-refractivity contribution is 0.0635. The molecule has 0 spiro atoms. The van der Waals surface area contributed by atoms with Gasteiger partial charge in [0.2, 0.25) is 0 Å². The third kappa shape index (κ3) is 3.07. The number of phenolic OH excluding ortho intramolecular Hbond substituents is 1. The minimum atomic E-state index is -2.97. The van der Waals surface area contributed by atoms with Crippen LogP contribution in [0.25, 0.3) is 0 Å². The number of hydrogen-bond acceptors (Lipinski definition) is 4. The highest BCUT2D eigenvalue weighted by molar-refractivity contribution is 5.87. The van der Waals surface area contributed by atoms with Crippen LogP contribution in [0.3, 0.4) is 0 Å². The van der Waals surface area contributed by atoms with Crippen LogP contribution in [0.4, 0.5) is 19.3 Å². The molecule has 0 radical (unpaired) electrons. The van der Waals surface area contributed by atoms with Gasteiger partial charge in [0.15, 0.2) is 0 Å². The summed E-state index contributed by atoms with van der Waals surface area (Å²) in [6, 6.07) is 3.80. The number of halogens is 2. The Kier molecular flexibility index (Phi) is 3.36. The molecule has 1 saturated carbocycles. The summed E-state index contributed by atoms with van der Waals surface area (Å²) < 4.78 is 31.4. The smallest absolute Gasteiger partial charge is 0.412 e. The summed E-state index contributed by atoms with van der Waals surface area (Å²) in [5.74, 6) is -3.31. The van der Waals surface area contributed by atoms with Crippen LogP contribution in [0.15, 0.2) is 18.2 Å². The molecule has 0 heterocycles. The van der Waals surface area contributed by atoms with E-state index >= 15 is 0 Å². The van der Waals surface area contributed by atoms with E-state index in [-0.39, 0.29) is 17.0 Å². The number of nitrogens with two attached hydrogens (primary N) is 1. The highest BCUT2D eigenvalue weighted by Crippen LogP contribution is 2.58. The van der Waals surface area contributed by atoms with Crippen LogP contribution in [0.1, 0.15) is 32.8 Å². The highest BCUT2D eigenvalue weighted by atomic mass is 19.3. The lowest BCUT2D eigenvalue weighted by Gasteiger charge is -2.20. The quantitative estimate of drug-likeness (QED) is 0.733. The summed E-state index contributed by atoms with van der Waals surface area (Å²) in [6.07, 6.45) is -1.21. The van der Waals surface area contributed by atoms with Crippen LogP contribution in [0.5, 0.6) is 5.75 Å². The van der Waals surface area contributed by atoms with Crippen molar-refractivity contribution in [3.63, 3.8) is 0 Å². The third-order valence-electron chi connectivity index (χ3n) is 3.18. The number of aromatic hydroxyl groups is 1. The second-order valence-electron chi connectivity index (χ2n) is 6.21. The Morgan fingerprint density at radius 3 is 2.43 bits per heavy atom. The Hall–Kier alpha value is -1.89. The fourth-order valence-corrected chi connectivity index (χ4v) is 1.95. The minimum Gasteiger partial charge on any atom is -0.506 e. The van der Waals surface area contributed by atoms with Gasteiger partial charge in [-0.25, -0.2) is 13.6 Å². The SMILES string of the molecule is CC(C)(C)OC(=O)Nc1ccc(C2(N)CC2(F)F)cc1O. The Morgan fingerprint density at radius 2 is 2.00 bits per heavy atom. The van der Waals surface area contributed by atoms with E-state index in [1.165, 1.54) is 12.1 Å². The van der Waals surface area contributed by atoms with Crippen molar-refractivity contribution in [2.45, 2.75) is 44.3 Å². The van der Waals surface area contributed by atoms with Gasteiger partial charge in [0.05, 0.1) is 5.69 Å². The Bertz CT molecular complexity index is 584. The van der Waals surface area contributed by atoms with Crippen molar-refractivity contribution in [1.82, 2.24) is 0 Å². The standard InChI is InChI=1S/C14H18F2N2O3/c1-12(2,3)21-11(20)18-9-5-4-8(6-10(9)19)13(17)7-14(13,15)16/h4-6,19H,7,17H2,1-3H3,(H,18,20). The van der Waals surface area contributed by atoms with Gasteiger partial charge >= 0.3 is 6.09 Å². The maximum Gasteiger partial charge on any atom is 0.412 e. The number of phenols is 1. The van der Waals surface area contributed by atoms with E-state index in [4.69, 9.17) is 10.5 Å². The van der Waals surface area contributed by atoms with Gasteiger partial charge in [0.25, 0.3) is 5.92 Å². The molecule has 1 aliphatic rings. The Labute approximate surface area is 121 Å². The van der Waals surface area contributed by atoms with Crippen molar-refractivity contribution < 1.29 is 23.4 Å². The number of rotatable bonds is 2. The number of benzene rings is 1. The molecule has 4 N–H and O–H groups in total. The van der Waals surface area contributed by atoms with E-state index in [1.807, 2.05) is 0 Å². The number of anilines is 1. The number of ether oxygens (including phenoxy) is 1. The lowest BCUT2D eigenvalue weighted by Crippen LogP contribution is -2.28. The molecule has 2 rings (SSSR count). The number of hydrogen-bond donors (Lipinski definition) is 3. The average Bonchev–Trinajstić information content (AvgIpc) is 2.79.